The lowest BCUT2D eigenvalue weighted by Crippen LogP contribution is -2.41. The second-order valence-corrected chi connectivity index (χ2v) is 4.94. The molecule has 0 fully saturated rings. The summed E-state index contributed by atoms with van der Waals surface area (Å²) >= 11 is 5.91. The molecule has 1 rings (SSSR count). The number of aliphatic hydroxyl groups excluding tert-OH is 1. The van der Waals surface area contributed by atoms with Gasteiger partial charge in [-0.2, -0.15) is 0 Å². The molecule has 0 unspecified atom stereocenters. The van der Waals surface area contributed by atoms with E-state index in [2.05, 4.69) is 5.32 Å². The van der Waals surface area contributed by atoms with Crippen molar-refractivity contribution in [2.45, 2.75) is 19.4 Å². The van der Waals surface area contributed by atoms with Gasteiger partial charge in [-0.15, -0.1) is 0 Å². The van der Waals surface area contributed by atoms with E-state index in [9.17, 15) is 9.59 Å². The maximum atomic E-state index is 12.0. The van der Waals surface area contributed by atoms with Crippen LogP contribution in [0.4, 0.5) is 4.79 Å². The first-order chi connectivity index (χ1) is 10.0. The Balaban J connectivity index is 2.61. The number of benzene rings is 1. The van der Waals surface area contributed by atoms with Gasteiger partial charge in [0.2, 0.25) is 0 Å². The third kappa shape index (κ3) is 6.97. The van der Waals surface area contributed by atoms with E-state index < -0.39 is 5.97 Å². The molecule has 0 bridgehead atoms. The van der Waals surface area contributed by atoms with E-state index in [1.54, 1.807) is 18.2 Å². The van der Waals surface area contributed by atoms with E-state index in [-0.39, 0.29) is 25.6 Å². The fourth-order valence-electron chi connectivity index (χ4n) is 1.76. The number of carbonyl (C=O) groups excluding carboxylic acids is 1. The molecule has 0 saturated heterocycles. The molecule has 6 nitrogen and oxygen atoms in total. The Bertz CT molecular complexity index is 482. The number of nitrogens with zero attached hydrogens (tertiary/aromatic N) is 1. The zero-order valence-corrected chi connectivity index (χ0v) is 12.3. The molecule has 0 aliphatic heterocycles. The smallest absolute Gasteiger partial charge is 0.317 e. The quantitative estimate of drug-likeness (QED) is 0.681. The van der Waals surface area contributed by atoms with Gasteiger partial charge in [0.1, 0.15) is 0 Å². The van der Waals surface area contributed by atoms with E-state index in [1.807, 2.05) is 6.07 Å². The van der Waals surface area contributed by atoms with Gasteiger partial charge in [0.05, 0.1) is 6.42 Å². The zero-order chi connectivity index (χ0) is 15.7. The second-order valence-electron chi connectivity index (χ2n) is 4.50. The lowest BCUT2D eigenvalue weighted by molar-refractivity contribution is -0.136. The van der Waals surface area contributed by atoms with E-state index >= 15 is 0 Å². The number of aliphatic hydroxyl groups is 1. The molecule has 1 aromatic carbocycles. The highest BCUT2D eigenvalue weighted by atomic mass is 35.5. The summed E-state index contributed by atoms with van der Waals surface area (Å²) in [4.78, 5) is 24.0. The lowest BCUT2D eigenvalue weighted by Gasteiger charge is -2.23. The summed E-state index contributed by atoms with van der Waals surface area (Å²) in [6.45, 7) is 0.773. The zero-order valence-electron chi connectivity index (χ0n) is 11.6. The van der Waals surface area contributed by atoms with Crippen LogP contribution < -0.4 is 5.32 Å². The summed E-state index contributed by atoms with van der Waals surface area (Å²) in [5.74, 6) is -0.966. The minimum atomic E-state index is -0.966. The molecule has 0 aromatic heterocycles. The van der Waals surface area contributed by atoms with Crippen LogP contribution in [0, 0.1) is 0 Å². The van der Waals surface area contributed by atoms with Crippen LogP contribution in [0.5, 0.6) is 0 Å². The van der Waals surface area contributed by atoms with Gasteiger partial charge >= 0.3 is 12.0 Å². The third-order valence-electron chi connectivity index (χ3n) is 2.75. The van der Waals surface area contributed by atoms with Crippen LogP contribution in [0.1, 0.15) is 18.4 Å². The standard InChI is InChI=1S/C14H19ClN2O4/c15-12-4-1-3-11(9-12)10-17(7-2-8-18)14(21)16-6-5-13(19)20/h1,3-4,9,18H,2,5-8,10H2,(H,16,21)(H,19,20). The van der Waals surface area contributed by atoms with E-state index in [0.29, 0.717) is 24.5 Å². The number of amides is 2. The van der Waals surface area contributed by atoms with Crippen molar-refractivity contribution in [3.8, 4) is 0 Å². The van der Waals surface area contributed by atoms with Crippen molar-refractivity contribution >= 4 is 23.6 Å². The SMILES string of the molecule is O=C(O)CCNC(=O)N(CCCO)Cc1cccc(Cl)c1. The van der Waals surface area contributed by atoms with Crippen LogP contribution in [0.2, 0.25) is 5.02 Å². The first kappa shape index (κ1) is 17.3. The first-order valence-electron chi connectivity index (χ1n) is 6.63. The Morgan fingerprint density at radius 3 is 2.71 bits per heavy atom. The number of halogens is 1. The Labute approximate surface area is 128 Å². The molecule has 2 amide bonds. The number of carboxylic acids is 1. The van der Waals surface area contributed by atoms with Crippen molar-refractivity contribution in [3.63, 3.8) is 0 Å². The van der Waals surface area contributed by atoms with Crippen LogP contribution in [0.25, 0.3) is 0 Å². The van der Waals surface area contributed by atoms with Gasteiger partial charge in [-0.3, -0.25) is 4.79 Å². The number of nitrogens with one attached hydrogen (secondary N) is 1. The maximum Gasteiger partial charge on any atom is 0.317 e. The lowest BCUT2D eigenvalue weighted by atomic mass is 10.2. The van der Waals surface area contributed by atoms with Crippen molar-refractivity contribution in [2.75, 3.05) is 19.7 Å². The molecule has 0 aliphatic rings. The van der Waals surface area contributed by atoms with Crippen molar-refractivity contribution < 1.29 is 19.8 Å². The Hall–Kier alpha value is -1.79. The number of urea groups is 1. The summed E-state index contributed by atoms with van der Waals surface area (Å²) in [6, 6.07) is 6.80. The summed E-state index contributed by atoms with van der Waals surface area (Å²) < 4.78 is 0. The largest absolute Gasteiger partial charge is 0.481 e. The molecule has 21 heavy (non-hydrogen) atoms. The van der Waals surface area contributed by atoms with E-state index in [0.717, 1.165) is 5.56 Å². The van der Waals surface area contributed by atoms with E-state index in [4.69, 9.17) is 21.8 Å². The number of aliphatic carboxylic acids is 1. The average molecular weight is 315 g/mol. The minimum Gasteiger partial charge on any atom is -0.481 e. The molecule has 0 radical (unpaired) electrons. The van der Waals surface area contributed by atoms with Gasteiger partial charge in [0.25, 0.3) is 0 Å². The van der Waals surface area contributed by atoms with Crippen molar-refractivity contribution in [3.05, 3.63) is 34.9 Å². The number of hydrogen-bond donors (Lipinski definition) is 3. The molecular weight excluding hydrogens is 296 g/mol. The number of rotatable bonds is 8. The predicted molar refractivity (Wildman–Crippen MR) is 79.2 cm³/mol. The molecule has 0 aliphatic carbocycles. The van der Waals surface area contributed by atoms with Crippen molar-refractivity contribution in [1.82, 2.24) is 10.2 Å². The predicted octanol–water partition coefficient (Wildman–Crippen LogP) is 1.71. The number of hydrogen-bond acceptors (Lipinski definition) is 3. The Kier molecular flexibility index (Phi) is 7.56. The topological polar surface area (TPSA) is 89.9 Å². The molecule has 0 atom stereocenters. The van der Waals surface area contributed by atoms with Crippen LogP contribution in [-0.4, -0.2) is 46.8 Å². The van der Waals surface area contributed by atoms with E-state index in [1.165, 1.54) is 4.90 Å². The number of carboxylic acid groups (broad SMARTS) is 1. The highest BCUT2D eigenvalue weighted by molar-refractivity contribution is 6.30. The summed E-state index contributed by atoms with van der Waals surface area (Å²) in [5.41, 5.74) is 0.869. The molecule has 116 valence electrons. The third-order valence-corrected chi connectivity index (χ3v) is 2.99. The highest BCUT2D eigenvalue weighted by Gasteiger charge is 2.13. The average Bonchev–Trinajstić information content (AvgIpc) is 2.43. The van der Waals surface area contributed by atoms with Gasteiger partial charge in [-0.25, -0.2) is 4.79 Å². The van der Waals surface area contributed by atoms with Crippen molar-refractivity contribution in [2.24, 2.45) is 0 Å². The summed E-state index contributed by atoms with van der Waals surface area (Å²) in [7, 11) is 0. The molecule has 0 saturated carbocycles. The van der Waals surface area contributed by atoms with Crippen LogP contribution in [-0.2, 0) is 11.3 Å². The molecule has 3 N–H and O–H groups in total. The molecule has 1 aromatic rings. The minimum absolute atomic E-state index is 0.0194. The highest BCUT2D eigenvalue weighted by Crippen LogP contribution is 2.13. The van der Waals surface area contributed by atoms with Gasteiger partial charge in [0, 0.05) is 31.3 Å². The monoisotopic (exact) mass is 314 g/mol. The first-order valence-corrected chi connectivity index (χ1v) is 7.00. The van der Waals surface area contributed by atoms with Gasteiger partial charge < -0.3 is 20.4 Å². The maximum absolute atomic E-state index is 12.0. The molecule has 7 heteroatoms. The molecule has 0 spiro atoms. The normalized spacial score (nSPS) is 10.2. The summed E-state index contributed by atoms with van der Waals surface area (Å²) in [6.07, 6.45) is 0.323. The Morgan fingerprint density at radius 2 is 2.10 bits per heavy atom. The Morgan fingerprint density at radius 1 is 1.33 bits per heavy atom. The summed E-state index contributed by atoms with van der Waals surface area (Å²) in [5, 5.41) is 20.6. The fourth-order valence-corrected chi connectivity index (χ4v) is 1.97. The van der Waals surface area contributed by atoms with Crippen LogP contribution in [0.3, 0.4) is 0 Å². The fraction of sp³-hybridized carbons (Fsp3) is 0.429. The molecule has 0 heterocycles. The second kappa shape index (κ2) is 9.20. The van der Waals surface area contributed by atoms with Gasteiger partial charge in [-0.05, 0) is 24.1 Å². The van der Waals surface area contributed by atoms with Crippen LogP contribution in [0.15, 0.2) is 24.3 Å². The molecular formula is C14H19ClN2O4. The number of carbonyl (C=O) groups is 2. The van der Waals surface area contributed by atoms with Gasteiger partial charge in [0.15, 0.2) is 0 Å². The van der Waals surface area contributed by atoms with Crippen molar-refractivity contribution in [1.29, 1.82) is 0 Å². The van der Waals surface area contributed by atoms with Gasteiger partial charge in [-0.1, -0.05) is 23.7 Å². The van der Waals surface area contributed by atoms with Crippen LogP contribution >= 0.6 is 11.6 Å².